The van der Waals surface area contributed by atoms with E-state index >= 15 is 0 Å². The topological polar surface area (TPSA) is 55.4 Å². The van der Waals surface area contributed by atoms with Crippen LogP contribution < -0.4 is 5.56 Å². The van der Waals surface area contributed by atoms with Crippen molar-refractivity contribution in [3.8, 4) is 0 Å². The molecule has 0 aliphatic carbocycles. The van der Waals surface area contributed by atoms with Crippen LogP contribution in [0.1, 0.15) is 16.0 Å². The molecule has 3 aromatic heterocycles. The summed E-state index contributed by atoms with van der Waals surface area (Å²) in [6.45, 7) is 6.95. The van der Waals surface area contributed by atoms with Crippen LogP contribution in [0.5, 0.6) is 0 Å². The van der Waals surface area contributed by atoms with Gasteiger partial charge in [-0.25, -0.2) is 0 Å². The number of allylic oxidation sites excluding steroid dienone is 1. The van der Waals surface area contributed by atoms with Crippen molar-refractivity contribution in [1.82, 2.24) is 24.1 Å². The molecular weight excluding hydrogens is 358 g/mol. The lowest BCUT2D eigenvalue weighted by molar-refractivity contribution is 0.249. The highest BCUT2D eigenvalue weighted by Gasteiger charge is 2.25. The predicted molar refractivity (Wildman–Crippen MR) is 107 cm³/mol. The van der Waals surface area contributed by atoms with Gasteiger partial charge in [-0.05, 0) is 17.5 Å². The smallest absolute Gasteiger partial charge is 0.264 e. The van der Waals surface area contributed by atoms with Gasteiger partial charge in [0, 0.05) is 31.1 Å². The Morgan fingerprint density at radius 1 is 1.26 bits per heavy atom. The highest BCUT2D eigenvalue weighted by molar-refractivity contribution is 7.18. The minimum absolute atomic E-state index is 0.0133. The van der Waals surface area contributed by atoms with E-state index in [2.05, 4.69) is 45.9 Å². The second-order valence-corrected chi connectivity index (χ2v) is 7.92. The molecule has 1 aliphatic rings. The lowest BCUT2D eigenvalue weighted by atomic mass is 10.0. The van der Waals surface area contributed by atoms with Crippen LogP contribution in [-0.2, 0) is 26.1 Å². The summed E-state index contributed by atoms with van der Waals surface area (Å²) in [5, 5.41) is 9.00. The Bertz CT molecular complexity index is 1200. The number of hydrogen-bond acceptors (Lipinski definition) is 5. The van der Waals surface area contributed by atoms with Gasteiger partial charge in [0.2, 0.25) is 5.78 Å². The number of aromatic nitrogens is 4. The molecule has 4 heterocycles. The van der Waals surface area contributed by atoms with Crippen molar-refractivity contribution in [2.24, 2.45) is 0 Å². The van der Waals surface area contributed by atoms with Crippen molar-refractivity contribution >= 4 is 27.3 Å². The third-order valence-electron chi connectivity index (χ3n) is 5.13. The molecule has 0 bridgehead atoms. The summed E-state index contributed by atoms with van der Waals surface area (Å²) in [5.74, 6) is 0.576. The molecule has 0 spiro atoms. The van der Waals surface area contributed by atoms with Crippen molar-refractivity contribution in [3.05, 3.63) is 75.7 Å². The molecule has 6 nitrogen and oxygen atoms in total. The maximum absolute atomic E-state index is 13.2. The van der Waals surface area contributed by atoms with E-state index in [4.69, 9.17) is 0 Å². The second kappa shape index (κ2) is 6.44. The first-order valence-electron chi connectivity index (χ1n) is 9.00. The van der Waals surface area contributed by atoms with Crippen LogP contribution >= 0.6 is 11.3 Å². The van der Waals surface area contributed by atoms with Crippen LogP contribution in [-0.4, -0.2) is 30.6 Å². The first kappa shape index (κ1) is 16.4. The second-order valence-electron chi connectivity index (χ2n) is 6.84. The monoisotopic (exact) mass is 377 g/mol. The molecule has 0 atom stereocenters. The van der Waals surface area contributed by atoms with Crippen molar-refractivity contribution < 1.29 is 0 Å². The number of rotatable bonds is 4. The third kappa shape index (κ3) is 2.62. The van der Waals surface area contributed by atoms with Crippen LogP contribution in [0.3, 0.4) is 0 Å². The standard InChI is InChI=1S/C20H19N5OS/c1-2-9-24-18(26)17-15-8-10-23(11-14-6-4-3-5-7-14)12-16(15)27-19(17)25-13-21-22-20(24)25/h2-7,13H,1,8-12H2. The molecular formula is C20H19N5OS. The molecule has 0 fully saturated rings. The molecule has 136 valence electrons. The van der Waals surface area contributed by atoms with Gasteiger partial charge in [0.15, 0.2) is 0 Å². The van der Waals surface area contributed by atoms with Gasteiger partial charge in [0.05, 0.1) is 5.39 Å². The average molecular weight is 377 g/mol. The maximum Gasteiger partial charge on any atom is 0.264 e. The van der Waals surface area contributed by atoms with Gasteiger partial charge in [-0.3, -0.25) is 18.7 Å². The largest absolute Gasteiger partial charge is 0.294 e. The van der Waals surface area contributed by atoms with Crippen LogP contribution in [0.25, 0.3) is 16.0 Å². The van der Waals surface area contributed by atoms with Gasteiger partial charge in [-0.2, -0.15) is 0 Å². The van der Waals surface area contributed by atoms with Gasteiger partial charge in [0.25, 0.3) is 5.56 Å². The third-order valence-corrected chi connectivity index (χ3v) is 6.34. The molecule has 0 saturated carbocycles. The summed E-state index contributed by atoms with van der Waals surface area (Å²) in [6, 6.07) is 10.5. The van der Waals surface area contributed by atoms with Crippen molar-refractivity contribution in [3.63, 3.8) is 0 Å². The maximum atomic E-state index is 13.2. The van der Waals surface area contributed by atoms with E-state index < -0.39 is 0 Å². The van der Waals surface area contributed by atoms with Crippen molar-refractivity contribution in [2.45, 2.75) is 26.1 Å². The van der Waals surface area contributed by atoms with E-state index in [0.29, 0.717) is 12.3 Å². The summed E-state index contributed by atoms with van der Waals surface area (Å²) in [4.78, 5) is 17.8. The van der Waals surface area contributed by atoms with E-state index in [1.165, 1.54) is 16.0 Å². The minimum atomic E-state index is 0.0133. The number of nitrogens with zero attached hydrogens (tertiary/aromatic N) is 5. The molecule has 0 radical (unpaired) electrons. The number of fused-ring (bicyclic) bond motifs is 5. The van der Waals surface area contributed by atoms with E-state index in [1.54, 1.807) is 28.3 Å². The lowest BCUT2D eigenvalue weighted by Crippen LogP contribution is -2.30. The molecule has 1 aliphatic heterocycles. The molecule has 5 rings (SSSR count). The molecule has 0 unspecified atom stereocenters. The Hall–Kier alpha value is -2.77. The van der Waals surface area contributed by atoms with E-state index in [0.717, 1.165) is 36.3 Å². The highest BCUT2D eigenvalue weighted by atomic mass is 32.1. The molecule has 27 heavy (non-hydrogen) atoms. The fourth-order valence-electron chi connectivity index (χ4n) is 3.88. The summed E-state index contributed by atoms with van der Waals surface area (Å²) in [6.07, 6.45) is 4.31. The van der Waals surface area contributed by atoms with E-state index in [9.17, 15) is 4.79 Å². The molecule has 0 saturated heterocycles. The number of thiophene rings is 1. The van der Waals surface area contributed by atoms with Gasteiger partial charge in [-0.1, -0.05) is 36.4 Å². The molecule has 0 N–H and O–H groups in total. The quantitative estimate of drug-likeness (QED) is 0.513. The zero-order valence-corrected chi connectivity index (χ0v) is 15.7. The zero-order valence-electron chi connectivity index (χ0n) is 14.8. The Morgan fingerprint density at radius 2 is 2.11 bits per heavy atom. The highest BCUT2D eigenvalue weighted by Crippen LogP contribution is 2.34. The Kier molecular flexibility index (Phi) is 3.91. The van der Waals surface area contributed by atoms with Crippen LogP contribution in [0, 0.1) is 0 Å². The average Bonchev–Trinajstić information content (AvgIpc) is 3.30. The normalized spacial score (nSPS) is 14.7. The predicted octanol–water partition coefficient (Wildman–Crippen LogP) is 2.85. The first-order chi connectivity index (χ1) is 13.3. The van der Waals surface area contributed by atoms with Gasteiger partial charge in [-0.15, -0.1) is 28.1 Å². The van der Waals surface area contributed by atoms with E-state index in [1.807, 2.05) is 10.5 Å². The molecule has 0 amide bonds. The fraction of sp³-hybridized carbons (Fsp3) is 0.250. The first-order valence-corrected chi connectivity index (χ1v) is 9.82. The SMILES string of the molecule is C=CCn1c(=O)c2c3c(sc2n2cnnc12)CN(Cc1ccccc1)CC3. The Balaban J connectivity index is 1.61. The van der Waals surface area contributed by atoms with Crippen LogP contribution in [0.4, 0.5) is 0 Å². The van der Waals surface area contributed by atoms with Crippen molar-refractivity contribution in [2.75, 3.05) is 6.54 Å². The molecule has 1 aromatic carbocycles. The lowest BCUT2D eigenvalue weighted by Gasteiger charge is -2.26. The Labute approximate surface area is 160 Å². The summed E-state index contributed by atoms with van der Waals surface area (Å²) >= 11 is 1.69. The van der Waals surface area contributed by atoms with E-state index in [-0.39, 0.29) is 5.56 Å². The number of benzene rings is 1. The van der Waals surface area contributed by atoms with Crippen LogP contribution in [0.15, 0.2) is 54.1 Å². The molecule has 4 aromatic rings. The van der Waals surface area contributed by atoms with Gasteiger partial charge >= 0.3 is 0 Å². The van der Waals surface area contributed by atoms with Crippen molar-refractivity contribution in [1.29, 1.82) is 0 Å². The minimum Gasteiger partial charge on any atom is -0.294 e. The summed E-state index contributed by atoms with van der Waals surface area (Å²) in [5.41, 5.74) is 2.52. The van der Waals surface area contributed by atoms with Gasteiger partial charge < -0.3 is 0 Å². The van der Waals surface area contributed by atoms with Crippen LogP contribution in [0.2, 0.25) is 0 Å². The summed E-state index contributed by atoms with van der Waals surface area (Å²) in [7, 11) is 0. The number of hydrogen-bond donors (Lipinski definition) is 0. The summed E-state index contributed by atoms with van der Waals surface area (Å²) < 4.78 is 3.59. The zero-order chi connectivity index (χ0) is 18.4. The fourth-order valence-corrected chi connectivity index (χ4v) is 5.23. The molecule has 7 heteroatoms. The Morgan fingerprint density at radius 3 is 2.93 bits per heavy atom. The van der Waals surface area contributed by atoms with Gasteiger partial charge in [0.1, 0.15) is 11.2 Å².